The van der Waals surface area contributed by atoms with Crippen molar-refractivity contribution in [3.63, 3.8) is 0 Å². The summed E-state index contributed by atoms with van der Waals surface area (Å²) < 4.78 is 30.9. The van der Waals surface area contributed by atoms with Crippen LogP contribution in [0.2, 0.25) is 0 Å². The van der Waals surface area contributed by atoms with Crippen LogP contribution in [-0.4, -0.2) is 54.7 Å². The third kappa shape index (κ3) is 5.92. The normalized spacial score (nSPS) is 14.1. The highest BCUT2D eigenvalue weighted by atomic mass is 19.3. The van der Waals surface area contributed by atoms with Crippen LogP contribution < -0.4 is 9.64 Å². The molecule has 0 bridgehead atoms. The molecule has 0 atom stereocenters. The maximum absolute atomic E-state index is 12.7. The van der Waals surface area contributed by atoms with Crippen molar-refractivity contribution in [3.05, 3.63) is 59.7 Å². The molecule has 0 unspecified atom stereocenters. The molecule has 1 aliphatic heterocycles. The number of amides is 1. The Morgan fingerprint density at radius 2 is 1.60 bits per heavy atom. The van der Waals surface area contributed by atoms with E-state index in [1.807, 2.05) is 0 Å². The second-order valence-electron chi connectivity index (χ2n) is 7.09. The molecule has 3 rings (SSSR count). The maximum atomic E-state index is 12.7. The molecule has 1 heterocycles. The van der Waals surface area contributed by atoms with E-state index in [1.165, 1.54) is 12.1 Å². The zero-order chi connectivity index (χ0) is 21.5. The van der Waals surface area contributed by atoms with E-state index >= 15 is 0 Å². The summed E-state index contributed by atoms with van der Waals surface area (Å²) in [7, 11) is 0. The quantitative estimate of drug-likeness (QED) is 0.712. The third-order valence-corrected chi connectivity index (χ3v) is 5.06. The minimum atomic E-state index is -2.48. The Labute approximate surface area is 173 Å². The fourth-order valence-electron chi connectivity index (χ4n) is 3.28. The van der Waals surface area contributed by atoms with Crippen LogP contribution in [0.5, 0.6) is 5.75 Å². The maximum Gasteiger partial charge on any atom is 0.303 e. The first-order valence-electron chi connectivity index (χ1n) is 9.77. The number of carboxylic acid groups (broad SMARTS) is 1. The highest BCUT2D eigenvalue weighted by Crippen LogP contribution is 2.23. The second kappa shape index (κ2) is 10.0. The van der Waals surface area contributed by atoms with Crippen LogP contribution in [0.3, 0.4) is 0 Å². The number of halogens is 2. The SMILES string of the molecule is O=C(O)CCc1ccc(OCC(=O)N2CCN(c3ccc(C(F)F)cc3)CC2)cc1. The molecule has 2 aromatic carbocycles. The van der Waals surface area contributed by atoms with Crippen LogP contribution in [0.15, 0.2) is 48.5 Å². The number of rotatable bonds is 8. The first kappa shape index (κ1) is 21.5. The predicted molar refractivity (Wildman–Crippen MR) is 108 cm³/mol. The Hall–Kier alpha value is -3.16. The van der Waals surface area contributed by atoms with Crippen LogP contribution in [0.4, 0.5) is 14.5 Å². The van der Waals surface area contributed by atoms with E-state index in [2.05, 4.69) is 4.90 Å². The van der Waals surface area contributed by atoms with Gasteiger partial charge in [0.1, 0.15) is 5.75 Å². The van der Waals surface area contributed by atoms with Crippen LogP contribution >= 0.6 is 0 Å². The van der Waals surface area contributed by atoms with Gasteiger partial charge in [-0.1, -0.05) is 24.3 Å². The molecule has 0 spiro atoms. The number of carbonyl (C=O) groups excluding carboxylic acids is 1. The summed E-state index contributed by atoms with van der Waals surface area (Å²) in [5.41, 5.74) is 1.76. The molecule has 0 aromatic heterocycles. The second-order valence-corrected chi connectivity index (χ2v) is 7.09. The first-order chi connectivity index (χ1) is 14.4. The minimum Gasteiger partial charge on any atom is -0.484 e. The molecule has 1 amide bonds. The number of hydrogen-bond donors (Lipinski definition) is 1. The lowest BCUT2D eigenvalue weighted by atomic mass is 10.1. The Morgan fingerprint density at radius 3 is 2.17 bits per heavy atom. The molecule has 8 heteroatoms. The summed E-state index contributed by atoms with van der Waals surface area (Å²) in [6.45, 7) is 2.24. The van der Waals surface area contributed by atoms with Gasteiger partial charge >= 0.3 is 5.97 Å². The largest absolute Gasteiger partial charge is 0.484 e. The Bertz CT molecular complexity index is 848. The van der Waals surface area contributed by atoms with E-state index in [0.29, 0.717) is 38.3 Å². The Kier molecular flexibility index (Phi) is 7.21. The van der Waals surface area contributed by atoms with Gasteiger partial charge in [-0.05, 0) is 36.2 Å². The Morgan fingerprint density at radius 1 is 0.967 bits per heavy atom. The third-order valence-electron chi connectivity index (χ3n) is 5.06. The van der Waals surface area contributed by atoms with Crippen molar-refractivity contribution < 1.29 is 28.2 Å². The zero-order valence-corrected chi connectivity index (χ0v) is 16.5. The number of ether oxygens (including phenoxy) is 1. The van der Waals surface area contributed by atoms with E-state index in [0.717, 1.165) is 11.3 Å². The lowest BCUT2D eigenvalue weighted by molar-refractivity contribution is -0.137. The fourth-order valence-corrected chi connectivity index (χ4v) is 3.28. The van der Waals surface area contributed by atoms with Crippen molar-refractivity contribution >= 4 is 17.6 Å². The van der Waals surface area contributed by atoms with Crippen molar-refractivity contribution in [1.82, 2.24) is 4.90 Å². The molecule has 1 saturated heterocycles. The van der Waals surface area contributed by atoms with Crippen molar-refractivity contribution in [2.45, 2.75) is 19.3 Å². The number of aliphatic carboxylic acids is 1. The molecule has 160 valence electrons. The molecule has 30 heavy (non-hydrogen) atoms. The topological polar surface area (TPSA) is 70.1 Å². The summed E-state index contributed by atoms with van der Waals surface area (Å²) >= 11 is 0. The number of aryl methyl sites for hydroxylation is 1. The van der Waals surface area contributed by atoms with E-state index in [9.17, 15) is 18.4 Å². The highest BCUT2D eigenvalue weighted by molar-refractivity contribution is 5.78. The van der Waals surface area contributed by atoms with Crippen molar-refractivity contribution in [2.75, 3.05) is 37.7 Å². The van der Waals surface area contributed by atoms with E-state index < -0.39 is 12.4 Å². The predicted octanol–water partition coefficient (Wildman–Crippen LogP) is 3.37. The van der Waals surface area contributed by atoms with E-state index in [1.54, 1.807) is 41.3 Å². The van der Waals surface area contributed by atoms with Gasteiger partial charge in [-0.15, -0.1) is 0 Å². The smallest absolute Gasteiger partial charge is 0.303 e. The lowest BCUT2D eigenvalue weighted by Crippen LogP contribution is -2.50. The van der Waals surface area contributed by atoms with Crippen LogP contribution in [0, 0.1) is 0 Å². The molecule has 1 N–H and O–H groups in total. The van der Waals surface area contributed by atoms with Crippen LogP contribution in [0.1, 0.15) is 24.0 Å². The molecule has 0 saturated carbocycles. The van der Waals surface area contributed by atoms with Gasteiger partial charge in [0, 0.05) is 43.9 Å². The number of alkyl halides is 2. The number of carboxylic acids is 1. The minimum absolute atomic E-state index is 0.000342. The van der Waals surface area contributed by atoms with Gasteiger partial charge in [0.2, 0.25) is 0 Å². The monoisotopic (exact) mass is 418 g/mol. The van der Waals surface area contributed by atoms with E-state index in [4.69, 9.17) is 9.84 Å². The molecular weight excluding hydrogens is 394 g/mol. The van der Waals surface area contributed by atoms with Gasteiger partial charge < -0.3 is 19.6 Å². The summed E-state index contributed by atoms with van der Waals surface area (Å²) in [4.78, 5) is 26.8. The molecule has 1 fully saturated rings. The highest BCUT2D eigenvalue weighted by Gasteiger charge is 2.22. The molecule has 0 aliphatic carbocycles. The van der Waals surface area contributed by atoms with Gasteiger partial charge in [-0.3, -0.25) is 9.59 Å². The van der Waals surface area contributed by atoms with Crippen LogP contribution in [-0.2, 0) is 16.0 Å². The van der Waals surface area contributed by atoms with Crippen molar-refractivity contribution in [3.8, 4) is 5.75 Å². The average molecular weight is 418 g/mol. The Balaban J connectivity index is 1.43. The molecule has 0 radical (unpaired) electrons. The number of carbonyl (C=O) groups is 2. The standard InChI is InChI=1S/C22H24F2N2O4/c23-22(24)17-4-6-18(7-5-17)25-11-13-26(14-12-25)20(27)15-30-19-8-1-16(2-9-19)3-10-21(28)29/h1-2,4-9,22H,3,10-15H2,(H,28,29). The summed E-state index contributed by atoms with van der Waals surface area (Å²) in [5.74, 6) is -0.399. The van der Waals surface area contributed by atoms with Gasteiger partial charge in [0.05, 0.1) is 0 Å². The average Bonchev–Trinajstić information content (AvgIpc) is 2.77. The fraction of sp³-hybridized carbons (Fsp3) is 0.364. The number of nitrogens with zero attached hydrogens (tertiary/aromatic N) is 2. The van der Waals surface area contributed by atoms with E-state index in [-0.39, 0.29) is 24.5 Å². The van der Waals surface area contributed by atoms with Gasteiger partial charge in [-0.2, -0.15) is 0 Å². The van der Waals surface area contributed by atoms with Crippen molar-refractivity contribution in [2.24, 2.45) is 0 Å². The van der Waals surface area contributed by atoms with Crippen molar-refractivity contribution in [1.29, 1.82) is 0 Å². The summed E-state index contributed by atoms with van der Waals surface area (Å²) in [6, 6.07) is 13.3. The molecule has 6 nitrogen and oxygen atoms in total. The summed E-state index contributed by atoms with van der Waals surface area (Å²) in [6.07, 6.45) is -1.96. The lowest BCUT2D eigenvalue weighted by Gasteiger charge is -2.36. The number of hydrogen-bond acceptors (Lipinski definition) is 4. The van der Waals surface area contributed by atoms with Gasteiger partial charge in [-0.25, -0.2) is 8.78 Å². The molecular formula is C22H24F2N2O4. The number of benzene rings is 2. The summed E-state index contributed by atoms with van der Waals surface area (Å²) in [5, 5.41) is 8.71. The van der Waals surface area contributed by atoms with Crippen LogP contribution in [0.25, 0.3) is 0 Å². The first-order valence-corrected chi connectivity index (χ1v) is 9.77. The number of anilines is 1. The zero-order valence-electron chi connectivity index (χ0n) is 16.5. The van der Waals surface area contributed by atoms with Gasteiger partial charge in [0.15, 0.2) is 6.61 Å². The number of piperazine rings is 1. The molecule has 1 aliphatic rings. The van der Waals surface area contributed by atoms with Gasteiger partial charge in [0.25, 0.3) is 12.3 Å². The molecule has 2 aromatic rings.